The minimum Gasteiger partial charge on any atom is -0.393 e. The van der Waals surface area contributed by atoms with Gasteiger partial charge in [-0.3, -0.25) is 32.5 Å². The molecule has 452 valence electrons. The van der Waals surface area contributed by atoms with Crippen molar-refractivity contribution in [2.45, 2.75) is 173 Å². The highest BCUT2D eigenvalue weighted by Gasteiger charge is 2.50. The number of thioether (sulfide) groups is 1. The van der Waals surface area contributed by atoms with Gasteiger partial charge < -0.3 is 56.0 Å². The normalized spacial score (nSPS) is 19.7. The molecule has 2 aromatic rings. The molecule has 2 unspecified atom stereocenters. The number of phosphoric ester groups is 3. The highest BCUT2D eigenvalue weighted by Crippen LogP contribution is 2.61. The maximum absolute atomic E-state index is 12.8. The number of hydrogen-bond acceptors (Lipinski definition) is 19. The second kappa shape index (κ2) is 37.4. The number of carbonyl (C=O) groups excluding carboxylic acids is 3. The number of aliphatic hydroxyl groups is 3. The fourth-order valence-electron chi connectivity index (χ4n) is 7.90. The van der Waals surface area contributed by atoms with E-state index in [-0.39, 0.29) is 53.8 Å². The maximum atomic E-state index is 12.8. The van der Waals surface area contributed by atoms with E-state index < -0.39 is 90.7 Å². The smallest absolute Gasteiger partial charge is 0.393 e. The predicted molar refractivity (Wildman–Crippen MR) is 303 cm³/mol. The number of unbranched alkanes of at least 4 members (excludes halogenated alkanes) is 9. The van der Waals surface area contributed by atoms with Crippen molar-refractivity contribution >= 4 is 69.1 Å². The lowest BCUT2D eigenvalue weighted by Crippen LogP contribution is -2.46. The molecular formula is C51H84N7O18P3S. The molecule has 1 saturated heterocycles. The number of anilines is 1. The summed E-state index contributed by atoms with van der Waals surface area (Å²) in [5.41, 5.74) is 4.26. The van der Waals surface area contributed by atoms with Gasteiger partial charge in [-0.1, -0.05) is 145 Å². The van der Waals surface area contributed by atoms with Gasteiger partial charge in [-0.2, -0.15) is 4.31 Å². The molecule has 25 nitrogen and oxygen atoms in total. The Hall–Kier alpha value is -3.78. The average molecular weight is 1210 g/mol. The third-order valence-electron chi connectivity index (χ3n) is 12.2. The van der Waals surface area contributed by atoms with Crippen molar-refractivity contribution in [1.29, 1.82) is 0 Å². The summed E-state index contributed by atoms with van der Waals surface area (Å²) in [6.07, 6.45) is 31.3. The number of hydrogen-bond donors (Lipinski definition) is 10. The Morgan fingerprint density at radius 2 is 1.38 bits per heavy atom. The van der Waals surface area contributed by atoms with Gasteiger partial charge in [-0.25, -0.2) is 28.6 Å². The van der Waals surface area contributed by atoms with E-state index >= 15 is 0 Å². The van der Waals surface area contributed by atoms with Gasteiger partial charge in [0.25, 0.3) is 0 Å². The van der Waals surface area contributed by atoms with Gasteiger partial charge in [0.15, 0.2) is 22.8 Å². The van der Waals surface area contributed by atoms with Crippen LogP contribution in [-0.2, 0) is 50.7 Å². The van der Waals surface area contributed by atoms with Gasteiger partial charge in [-0.05, 0) is 51.4 Å². The van der Waals surface area contributed by atoms with E-state index in [1.54, 1.807) is 0 Å². The Bertz CT molecular complexity index is 2490. The summed E-state index contributed by atoms with van der Waals surface area (Å²) < 4.78 is 62.6. The van der Waals surface area contributed by atoms with Crippen LogP contribution < -0.4 is 16.4 Å². The van der Waals surface area contributed by atoms with Gasteiger partial charge in [-0.15, -0.1) is 0 Å². The molecule has 3 heterocycles. The fourth-order valence-corrected chi connectivity index (χ4v) is 11.5. The van der Waals surface area contributed by atoms with Crippen molar-refractivity contribution in [3.05, 3.63) is 73.4 Å². The first kappa shape index (κ1) is 70.5. The molecule has 29 heteroatoms. The minimum atomic E-state index is -5.59. The topological polar surface area (TPSA) is 384 Å². The summed E-state index contributed by atoms with van der Waals surface area (Å²) in [5.74, 6) is -1.23. The molecule has 1 aliphatic rings. The molecule has 0 saturated carbocycles. The average Bonchev–Trinajstić information content (AvgIpc) is 3.95. The number of phosphoric acid groups is 3. The highest BCUT2D eigenvalue weighted by atomic mass is 32.2. The molecule has 11 N–H and O–H groups in total. The Labute approximate surface area is 472 Å². The molecule has 0 spiro atoms. The number of amides is 2. The van der Waals surface area contributed by atoms with E-state index in [9.17, 15) is 63.0 Å². The fraction of sp³-hybridized carbons (Fsp3) is 0.647. The molecule has 1 fully saturated rings. The number of nitrogen functional groups attached to an aromatic ring is 1. The molecule has 0 aliphatic carbocycles. The van der Waals surface area contributed by atoms with Crippen molar-refractivity contribution in [2.24, 2.45) is 5.41 Å². The van der Waals surface area contributed by atoms with Gasteiger partial charge in [0.05, 0.1) is 25.6 Å². The zero-order chi connectivity index (χ0) is 59.0. The third-order valence-corrected chi connectivity index (χ3v) is 16.2. The largest absolute Gasteiger partial charge is 0.481 e. The molecular weight excluding hydrogens is 1120 g/mol. The van der Waals surface area contributed by atoms with Crippen molar-refractivity contribution in [1.82, 2.24) is 30.2 Å². The Balaban J connectivity index is 1.20. The summed E-state index contributed by atoms with van der Waals surface area (Å²) in [5, 5.41) is 36.8. The minimum absolute atomic E-state index is 0.0140. The van der Waals surface area contributed by atoms with Crippen LogP contribution in [0.1, 0.15) is 143 Å². The van der Waals surface area contributed by atoms with E-state index in [0.717, 1.165) is 93.2 Å². The number of nitrogens with two attached hydrogens (primary N) is 1. The van der Waals surface area contributed by atoms with Crippen LogP contribution in [0.25, 0.3) is 11.2 Å². The number of allylic oxidation sites excluding steroid dienone is 10. The van der Waals surface area contributed by atoms with Gasteiger partial charge in [0.1, 0.15) is 36.3 Å². The van der Waals surface area contributed by atoms with Crippen molar-refractivity contribution in [2.75, 3.05) is 37.8 Å². The summed E-state index contributed by atoms with van der Waals surface area (Å²) in [7, 11) is -16.5. The highest BCUT2D eigenvalue weighted by molar-refractivity contribution is 8.13. The molecule has 0 bridgehead atoms. The summed E-state index contributed by atoms with van der Waals surface area (Å²) >= 11 is 0.997. The Morgan fingerprint density at radius 1 is 0.800 bits per heavy atom. The lowest BCUT2D eigenvalue weighted by Gasteiger charge is -2.30. The zero-order valence-electron chi connectivity index (χ0n) is 45.9. The standard InChI is InChI=1S/C51H84N7O18P3S/c1-4-5-6-7-8-9-10-11-12-13-14-15-16-17-18-19-20-21-22-23-24-25-26-27-28-29-39(59)34-42(61)80-33-32-53-41(60)30-31-54-49(64)46(63)51(2,3)36-73-79(70,71)76-78(68,69)72-35-40-45(75-77(65,66)67)44(62)50(74-40)58-38-57-43-47(52)55-37-56-48(43)58/h5-6,8-9,11-12,14-15,17-18,37-40,44-46,50,59,62-63H,4,7,10,13,16,19-36H2,1-3H3,(H,53,60)(H,54,64)(H,68,69)(H,70,71)(H2,52,55,56)(H2,65,66,67)/b6-5-,9-8-,12-11-,15-14-,18-17-/t39-,40-,44-,45-,46+,50-/m1/s1. The van der Waals surface area contributed by atoms with Crippen LogP contribution in [0.4, 0.5) is 5.82 Å². The molecule has 1 aliphatic heterocycles. The van der Waals surface area contributed by atoms with Crippen LogP contribution >= 0.6 is 35.2 Å². The SMILES string of the molecule is CC/C=C\C/C=C\C/C=C\C/C=C\C/C=C\CCCCCCCCCCC[C@@H](O)CC(=O)SCCNC(=O)CCNC(=O)[C@H](O)C(C)(C)COP(=O)(O)OP(=O)(O)OC[C@H]1O[C@@H](n2cnc3c(N)ncnc32)[C@H](O)[C@@H]1OP(=O)(O)O. The van der Waals surface area contributed by atoms with Crippen LogP contribution in [0, 0.1) is 5.41 Å². The number of ether oxygens (including phenoxy) is 1. The first-order valence-electron chi connectivity index (χ1n) is 26.9. The lowest BCUT2D eigenvalue weighted by atomic mass is 9.87. The van der Waals surface area contributed by atoms with E-state index in [1.807, 2.05) is 0 Å². The van der Waals surface area contributed by atoms with E-state index in [4.69, 9.17) is 19.5 Å². The summed E-state index contributed by atoms with van der Waals surface area (Å²) in [6.45, 7) is 2.53. The number of aromatic nitrogens is 4. The molecule has 8 atom stereocenters. The van der Waals surface area contributed by atoms with Crippen molar-refractivity contribution < 1.29 is 85.6 Å². The van der Waals surface area contributed by atoms with Crippen LogP contribution in [0.2, 0.25) is 0 Å². The molecule has 80 heavy (non-hydrogen) atoms. The number of fused-ring (bicyclic) bond motifs is 1. The third kappa shape index (κ3) is 29.0. The predicted octanol–water partition coefficient (Wildman–Crippen LogP) is 7.46. The van der Waals surface area contributed by atoms with Crippen molar-refractivity contribution in [3.8, 4) is 0 Å². The summed E-state index contributed by atoms with van der Waals surface area (Å²) in [4.78, 5) is 88.8. The van der Waals surface area contributed by atoms with Crippen LogP contribution in [0.3, 0.4) is 0 Å². The number of nitrogens with one attached hydrogen (secondary N) is 2. The molecule has 3 rings (SSSR count). The van der Waals surface area contributed by atoms with Crippen LogP contribution in [-0.4, -0.2) is 134 Å². The Morgan fingerprint density at radius 3 is 1.99 bits per heavy atom. The summed E-state index contributed by atoms with van der Waals surface area (Å²) in [6, 6.07) is 0. The second-order valence-electron chi connectivity index (χ2n) is 19.6. The molecule has 0 aromatic carbocycles. The molecule has 2 aromatic heterocycles. The quantitative estimate of drug-likeness (QED) is 0.0175. The number of imidazole rings is 1. The number of nitrogens with zero attached hydrogens (tertiary/aromatic N) is 4. The molecule has 2 amide bonds. The number of carbonyl (C=O) groups is 3. The van der Waals surface area contributed by atoms with Crippen molar-refractivity contribution in [3.63, 3.8) is 0 Å². The van der Waals surface area contributed by atoms with E-state index in [1.165, 1.54) is 46.0 Å². The van der Waals surface area contributed by atoms with Gasteiger partial charge >= 0.3 is 23.5 Å². The van der Waals surface area contributed by atoms with Crippen LogP contribution in [0.5, 0.6) is 0 Å². The van der Waals surface area contributed by atoms with Crippen LogP contribution in [0.15, 0.2) is 73.4 Å². The van der Waals surface area contributed by atoms with Gasteiger partial charge in [0, 0.05) is 37.1 Å². The first-order valence-corrected chi connectivity index (χ1v) is 32.4. The zero-order valence-corrected chi connectivity index (χ0v) is 49.4. The number of rotatable bonds is 42. The Kier molecular flexibility index (Phi) is 33.0. The number of aliphatic hydroxyl groups excluding tert-OH is 3. The molecule has 0 radical (unpaired) electrons. The van der Waals surface area contributed by atoms with Gasteiger partial charge in [0.2, 0.25) is 11.8 Å². The second-order valence-corrected chi connectivity index (χ2v) is 25.0. The van der Waals surface area contributed by atoms with E-state index in [0.29, 0.717) is 6.42 Å². The monoisotopic (exact) mass is 1210 g/mol. The first-order chi connectivity index (χ1) is 37.9. The van der Waals surface area contributed by atoms with E-state index in [2.05, 4.69) is 102 Å². The lowest BCUT2D eigenvalue weighted by molar-refractivity contribution is -0.137. The maximum Gasteiger partial charge on any atom is 0.481 e.